The molecule has 1 aliphatic heterocycles. The Hall–Kier alpha value is -2.07. The molecule has 3 nitrogen and oxygen atoms in total. The smallest absolute Gasteiger partial charge is 0.112 e. The molecule has 1 unspecified atom stereocenters. The molecule has 3 aromatic rings. The lowest BCUT2D eigenvalue weighted by atomic mass is 9.77. The summed E-state index contributed by atoms with van der Waals surface area (Å²) >= 11 is 3.72. The van der Waals surface area contributed by atoms with Crippen LogP contribution in [0, 0.1) is 0 Å². The summed E-state index contributed by atoms with van der Waals surface area (Å²) in [6, 6.07) is 16.4. The molecule has 0 bridgehead atoms. The van der Waals surface area contributed by atoms with Crippen LogP contribution in [0.15, 0.2) is 58.0 Å². The number of fused-ring (bicyclic) bond motifs is 2. The molecule has 1 aliphatic rings. The first kappa shape index (κ1) is 15.5. The van der Waals surface area contributed by atoms with Crippen LogP contribution in [0.25, 0.3) is 10.9 Å². The third-order valence-electron chi connectivity index (χ3n) is 4.94. The fourth-order valence-corrected chi connectivity index (χ4v) is 3.99. The maximum absolute atomic E-state index is 5.05. The topological polar surface area (TPSA) is 38.1 Å². The van der Waals surface area contributed by atoms with Crippen LogP contribution in [0.2, 0.25) is 0 Å². The van der Waals surface area contributed by atoms with E-state index in [4.69, 9.17) is 4.99 Å². The number of nitrogens with zero attached hydrogens (tertiary/aromatic N) is 3. The van der Waals surface area contributed by atoms with Crippen molar-refractivity contribution in [3.63, 3.8) is 0 Å². The second-order valence-electron chi connectivity index (χ2n) is 6.83. The summed E-state index contributed by atoms with van der Waals surface area (Å²) in [7, 11) is 0. The highest BCUT2D eigenvalue weighted by Gasteiger charge is 2.36. The average Bonchev–Trinajstić information content (AvgIpc) is 2.58. The van der Waals surface area contributed by atoms with Gasteiger partial charge in [0, 0.05) is 21.3 Å². The number of aromatic nitrogens is 2. The van der Waals surface area contributed by atoms with Gasteiger partial charge in [-0.15, -0.1) is 10.2 Å². The molecule has 0 spiro atoms. The van der Waals surface area contributed by atoms with Gasteiger partial charge >= 0.3 is 0 Å². The van der Waals surface area contributed by atoms with E-state index in [1.807, 2.05) is 18.2 Å². The molecule has 4 rings (SSSR count). The molecule has 2 heterocycles. The lowest BCUT2D eigenvalue weighted by molar-refractivity contribution is 0.431. The van der Waals surface area contributed by atoms with Gasteiger partial charge in [0.05, 0.1) is 16.8 Å². The van der Waals surface area contributed by atoms with Crippen molar-refractivity contribution in [2.75, 3.05) is 0 Å². The minimum Gasteiger partial charge on any atom is -0.276 e. The third kappa shape index (κ3) is 2.37. The molecule has 24 heavy (non-hydrogen) atoms. The second kappa shape index (κ2) is 5.49. The van der Waals surface area contributed by atoms with Gasteiger partial charge in [-0.2, -0.15) is 0 Å². The van der Waals surface area contributed by atoms with Gasteiger partial charge in [0.25, 0.3) is 0 Å². The molecule has 0 radical (unpaired) electrons. The zero-order valence-corrected chi connectivity index (χ0v) is 15.5. The number of hydrogen-bond donors (Lipinski definition) is 0. The normalized spacial score (nSPS) is 19.0. The van der Waals surface area contributed by atoms with E-state index in [-0.39, 0.29) is 5.54 Å². The van der Waals surface area contributed by atoms with E-state index in [9.17, 15) is 0 Å². The molecule has 4 heteroatoms. The minimum absolute atomic E-state index is 0.195. The van der Waals surface area contributed by atoms with Crippen LogP contribution in [-0.4, -0.2) is 21.4 Å². The Morgan fingerprint density at radius 1 is 1.00 bits per heavy atom. The summed E-state index contributed by atoms with van der Waals surface area (Å²) in [5.74, 6) is 0.320. The van der Waals surface area contributed by atoms with E-state index in [0.29, 0.717) is 5.92 Å². The van der Waals surface area contributed by atoms with Crippen LogP contribution >= 0.6 is 15.9 Å². The average molecular weight is 380 g/mol. The summed E-state index contributed by atoms with van der Waals surface area (Å²) in [6.07, 6.45) is 0. The van der Waals surface area contributed by atoms with Crippen LogP contribution in [0.3, 0.4) is 0 Å². The number of halogens is 1. The highest BCUT2D eigenvalue weighted by Crippen LogP contribution is 2.42. The Balaban J connectivity index is 1.97. The molecule has 0 aliphatic carbocycles. The number of hydrogen-bond acceptors (Lipinski definition) is 3. The first-order chi connectivity index (χ1) is 11.5. The predicted molar refractivity (Wildman–Crippen MR) is 102 cm³/mol. The van der Waals surface area contributed by atoms with E-state index in [0.717, 1.165) is 32.3 Å². The molecule has 1 aromatic heterocycles. The van der Waals surface area contributed by atoms with Crippen LogP contribution in [0.1, 0.15) is 43.5 Å². The van der Waals surface area contributed by atoms with Crippen molar-refractivity contribution in [2.45, 2.75) is 32.2 Å². The number of benzene rings is 2. The van der Waals surface area contributed by atoms with E-state index >= 15 is 0 Å². The van der Waals surface area contributed by atoms with Crippen molar-refractivity contribution in [1.29, 1.82) is 0 Å². The summed E-state index contributed by atoms with van der Waals surface area (Å²) in [5.41, 5.74) is 4.89. The first-order valence-corrected chi connectivity index (χ1v) is 8.88. The molecule has 2 aromatic carbocycles. The summed E-state index contributed by atoms with van der Waals surface area (Å²) < 4.78 is 1.13. The van der Waals surface area contributed by atoms with Crippen molar-refractivity contribution < 1.29 is 0 Å². The van der Waals surface area contributed by atoms with Gasteiger partial charge in [-0.1, -0.05) is 53.2 Å². The third-order valence-corrected chi connectivity index (χ3v) is 5.63. The fourth-order valence-electron chi connectivity index (χ4n) is 3.28. The maximum atomic E-state index is 5.05. The van der Waals surface area contributed by atoms with Gasteiger partial charge in [-0.05, 0) is 37.6 Å². The van der Waals surface area contributed by atoms with E-state index in [2.05, 4.69) is 77.2 Å². The Labute approximate surface area is 150 Å². The Kier molecular flexibility index (Phi) is 3.53. The fraction of sp³-hybridized carbons (Fsp3) is 0.250. The SMILES string of the molecule is CC1c2c(Br)cccc2C(c2cc3ccccc3nn2)=NC1(C)C. The van der Waals surface area contributed by atoms with Crippen LogP contribution in [-0.2, 0) is 0 Å². The molecule has 0 fully saturated rings. The van der Waals surface area contributed by atoms with Crippen molar-refractivity contribution in [2.24, 2.45) is 4.99 Å². The Bertz CT molecular complexity index is 976. The minimum atomic E-state index is -0.195. The summed E-state index contributed by atoms with van der Waals surface area (Å²) in [4.78, 5) is 5.05. The van der Waals surface area contributed by atoms with Gasteiger partial charge < -0.3 is 0 Å². The van der Waals surface area contributed by atoms with Crippen molar-refractivity contribution in [3.8, 4) is 0 Å². The number of rotatable bonds is 1. The molecule has 0 saturated carbocycles. The standard InChI is InChI=1S/C20H18BrN3/c1-12-18-14(8-6-9-15(18)21)19(22-20(12,2)3)17-11-13-7-4-5-10-16(13)23-24-17/h4-12H,1-3H3. The molecule has 0 saturated heterocycles. The molecular weight excluding hydrogens is 362 g/mol. The van der Waals surface area contributed by atoms with E-state index in [1.54, 1.807) is 0 Å². The second-order valence-corrected chi connectivity index (χ2v) is 7.68. The zero-order chi connectivity index (χ0) is 16.9. The lowest BCUT2D eigenvalue weighted by Crippen LogP contribution is -2.33. The largest absolute Gasteiger partial charge is 0.276 e. The highest BCUT2D eigenvalue weighted by atomic mass is 79.9. The van der Waals surface area contributed by atoms with Crippen LogP contribution in [0.4, 0.5) is 0 Å². The van der Waals surface area contributed by atoms with E-state index in [1.165, 1.54) is 5.56 Å². The van der Waals surface area contributed by atoms with Gasteiger partial charge in [0.1, 0.15) is 5.69 Å². The zero-order valence-electron chi connectivity index (χ0n) is 13.9. The molecule has 1 atom stereocenters. The van der Waals surface area contributed by atoms with Gasteiger partial charge in [-0.25, -0.2) is 0 Å². The van der Waals surface area contributed by atoms with Crippen molar-refractivity contribution in [3.05, 3.63) is 69.8 Å². The molecule has 0 amide bonds. The van der Waals surface area contributed by atoms with Crippen LogP contribution in [0.5, 0.6) is 0 Å². The lowest BCUT2D eigenvalue weighted by Gasteiger charge is -2.36. The van der Waals surface area contributed by atoms with Crippen molar-refractivity contribution in [1.82, 2.24) is 10.2 Å². The van der Waals surface area contributed by atoms with Gasteiger partial charge in [0.15, 0.2) is 0 Å². The Morgan fingerprint density at radius 3 is 2.62 bits per heavy atom. The quantitative estimate of drug-likeness (QED) is 0.587. The molecule has 120 valence electrons. The maximum Gasteiger partial charge on any atom is 0.112 e. The monoisotopic (exact) mass is 379 g/mol. The number of aliphatic imine (C=N–C) groups is 1. The Morgan fingerprint density at radius 2 is 1.79 bits per heavy atom. The van der Waals surface area contributed by atoms with E-state index < -0.39 is 0 Å². The van der Waals surface area contributed by atoms with Crippen molar-refractivity contribution >= 4 is 32.5 Å². The highest BCUT2D eigenvalue weighted by molar-refractivity contribution is 9.10. The van der Waals surface area contributed by atoms with Gasteiger partial charge in [-0.3, -0.25) is 4.99 Å². The van der Waals surface area contributed by atoms with Gasteiger partial charge in [0.2, 0.25) is 0 Å². The molecule has 0 N–H and O–H groups in total. The first-order valence-electron chi connectivity index (χ1n) is 8.09. The predicted octanol–water partition coefficient (Wildman–Crippen LogP) is 5.13. The summed E-state index contributed by atoms with van der Waals surface area (Å²) in [5, 5.41) is 9.91. The summed E-state index contributed by atoms with van der Waals surface area (Å²) in [6.45, 7) is 6.58. The molecular formula is C20H18BrN3. The van der Waals surface area contributed by atoms with Crippen LogP contribution < -0.4 is 0 Å².